The third-order valence-electron chi connectivity index (χ3n) is 4.82. The highest BCUT2D eigenvalue weighted by Gasteiger charge is 2.43. The first kappa shape index (κ1) is 16.9. The maximum absolute atomic E-state index is 11.6. The smallest absolute Gasteiger partial charge is 0.296 e. The monoisotopic (exact) mass is 374 g/mol. The molecule has 26 heavy (non-hydrogen) atoms. The fourth-order valence-corrected chi connectivity index (χ4v) is 4.76. The Labute approximate surface area is 151 Å². The highest BCUT2D eigenvalue weighted by atomic mass is 32.2. The summed E-state index contributed by atoms with van der Waals surface area (Å²) in [7, 11) is -1.57. The summed E-state index contributed by atoms with van der Waals surface area (Å²) in [6.45, 7) is 9.03. The summed E-state index contributed by atoms with van der Waals surface area (Å²) in [5.74, 6) is 0.919. The molecule has 2 aromatic rings. The van der Waals surface area contributed by atoms with E-state index in [1.54, 1.807) is 30.3 Å². The molecule has 0 amide bonds. The zero-order valence-electron chi connectivity index (χ0n) is 14.2. The van der Waals surface area contributed by atoms with Gasteiger partial charge in [0.2, 0.25) is 0 Å². The molecule has 2 N–H and O–H groups in total. The van der Waals surface area contributed by atoms with Crippen molar-refractivity contribution in [3.63, 3.8) is 0 Å². The summed E-state index contributed by atoms with van der Waals surface area (Å²) < 4.78 is 30.2. The fraction of sp³-hybridized carbons (Fsp3) is 0.467. The van der Waals surface area contributed by atoms with Crippen LogP contribution < -0.4 is 14.3 Å². The molecule has 1 spiro atoms. The van der Waals surface area contributed by atoms with E-state index in [-0.39, 0.29) is 5.82 Å². The molecule has 2 saturated heterocycles. The van der Waals surface area contributed by atoms with Gasteiger partial charge in [0.1, 0.15) is 5.69 Å². The molecule has 10 nitrogen and oxygen atoms in total. The van der Waals surface area contributed by atoms with E-state index in [9.17, 15) is 8.42 Å². The number of hydrogen-bond donors (Lipinski definition) is 2. The number of rotatable bonds is 2. The predicted molar refractivity (Wildman–Crippen MR) is 94.7 cm³/mol. The SMILES string of the molecule is [C-]#[N+]c1ncc(N2CCC3(CC2)CNS(=O)(=O)N3)nc1-c1cnn(C)c1. The van der Waals surface area contributed by atoms with Crippen LogP contribution in [0.25, 0.3) is 16.1 Å². The first-order valence-corrected chi connectivity index (χ1v) is 9.65. The molecule has 0 atom stereocenters. The minimum Gasteiger partial charge on any atom is -0.359 e. The van der Waals surface area contributed by atoms with Gasteiger partial charge in [-0.05, 0) is 12.8 Å². The molecule has 0 aliphatic carbocycles. The second-order valence-corrected chi connectivity index (χ2v) is 8.11. The zero-order chi connectivity index (χ0) is 18.4. The average molecular weight is 374 g/mol. The topological polar surface area (TPSA) is 109 Å². The van der Waals surface area contributed by atoms with Crippen molar-refractivity contribution in [1.29, 1.82) is 0 Å². The largest absolute Gasteiger partial charge is 0.359 e. The number of nitrogens with one attached hydrogen (secondary N) is 2. The normalized spacial score (nSPS) is 21.0. The number of aromatic nitrogens is 4. The quantitative estimate of drug-likeness (QED) is 0.727. The van der Waals surface area contributed by atoms with E-state index in [0.717, 1.165) is 5.56 Å². The Morgan fingerprint density at radius 3 is 2.65 bits per heavy atom. The van der Waals surface area contributed by atoms with Gasteiger partial charge in [-0.1, -0.05) is 6.57 Å². The molecule has 4 heterocycles. The Kier molecular flexibility index (Phi) is 3.91. The van der Waals surface area contributed by atoms with E-state index >= 15 is 0 Å². The molecule has 0 aromatic carbocycles. The van der Waals surface area contributed by atoms with Gasteiger partial charge in [-0.2, -0.15) is 18.2 Å². The Morgan fingerprint density at radius 1 is 1.31 bits per heavy atom. The number of anilines is 1. The van der Waals surface area contributed by atoms with E-state index in [2.05, 4.69) is 34.3 Å². The molecule has 0 saturated carbocycles. The number of aryl methyl sites for hydroxylation is 1. The van der Waals surface area contributed by atoms with Gasteiger partial charge in [-0.25, -0.2) is 9.71 Å². The van der Waals surface area contributed by atoms with Gasteiger partial charge in [-0.3, -0.25) is 4.68 Å². The molecule has 0 unspecified atom stereocenters. The highest BCUT2D eigenvalue weighted by molar-refractivity contribution is 7.87. The molecule has 0 radical (unpaired) electrons. The third-order valence-corrected chi connectivity index (χ3v) is 6.05. The minimum absolute atomic E-state index is 0.239. The lowest BCUT2D eigenvalue weighted by atomic mass is 9.89. The summed E-state index contributed by atoms with van der Waals surface area (Å²) in [6, 6.07) is 0. The molecule has 0 bridgehead atoms. The zero-order valence-corrected chi connectivity index (χ0v) is 15.0. The van der Waals surface area contributed by atoms with Crippen LogP contribution in [0.15, 0.2) is 18.6 Å². The Bertz CT molecular complexity index is 985. The maximum atomic E-state index is 11.6. The van der Waals surface area contributed by atoms with Crippen LogP contribution in [0.1, 0.15) is 12.8 Å². The van der Waals surface area contributed by atoms with E-state index in [1.165, 1.54) is 0 Å². The van der Waals surface area contributed by atoms with Crippen LogP contribution in [0, 0.1) is 6.57 Å². The number of piperidine rings is 1. The van der Waals surface area contributed by atoms with E-state index in [1.807, 2.05) is 0 Å². The van der Waals surface area contributed by atoms with Crippen LogP contribution >= 0.6 is 0 Å². The second kappa shape index (κ2) is 6.01. The summed E-state index contributed by atoms with van der Waals surface area (Å²) >= 11 is 0. The molecule has 2 aliphatic heterocycles. The highest BCUT2D eigenvalue weighted by Crippen LogP contribution is 2.31. The van der Waals surface area contributed by atoms with Crippen LogP contribution in [0.2, 0.25) is 0 Å². The first-order valence-electron chi connectivity index (χ1n) is 8.17. The van der Waals surface area contributed by atoms with Gasteiger partial charge >= 0.3 is 0 Å². The van der Waals surface area contributed by atoms with Crippen molar-refractivity contribution in [1.82, 2.24) is 29.2 Å². The van der Waals surface area contributed by atoms with Gasteiger partial charge in [0, 0.05) is 38.4 Å². The summed E-state index contributed by atoms with van der Waals surface area (Å²) in [6.07, 6.45) is 6.41. The molecular weight excluding hydrogens is 356 g/mol. The van der Waals surface area contributed by atoms with Crippen LogP contribution in [0.5, 0.6) is 0 Å². The van der Waals surface area contributed by atoms with Crippen molar-refractivity contribution in [2.24, 2.45) is 7.05 Å². The lowest BCUT2D eigenvalue weighted by Crippen LogP contribution is -2.52. The molecule has 2 aliphatic rings. The number of hydrogen-bond acceptors (Lipinski definition) is 6. The maximum Gasteiger partial charge on any atom is 0.296 e. The molecule has 136 valence electrons. The molecule has 11 heteroatoms. The van der Waals surface area contributed by atoms with Crippen LogP contribution in [0.4, 0.5) is 11.6 Å². The standard InChI is InChI=1S/C15H18N8O2S/c1-16-14-13(11-7-18-22(2)9-11)20-12(8-17-14)23-5-3-15(4-6-23)10-19-26(24,25)21-15/h7-9,19,21H,3-6,10H2,2H3. The lowest BCUT2D eigenvalue weighted by molar-refractivity contribution is 0.325. The Hall–Kier alpha value is -2.55. The van der Waals surface area contributed by atoms with E-state index in [4.69, 9.17) is 6.57 Å². The van der Waals surface area contributed by atoms with Crippen molar-refractivity contribution in [3.8, 4) is 11.3 Å². The number of nitrogens with zero attached hydrogens (tertiary/aromatic N) is 6. The van der Waals surface area contributed by atoms with Crippen molar-refractivity contribution < 1.29 is 8.42 Å². The minimum atomic E-state index is -3.37. The van der Waals surface area contributed by atoms with Crippen LogP contribution in [0.3, 0.4) is 0 Å². The van der Waals surface area contributed by atoms with Gasteiger partial charge in [0.25, 0.3) is 16.0 Å². The summed E-state index contributed by atoms with van der Waals surface area (Å²) in [5.41, 5.74) is 0.828. The van der Waals surface area contributed by atoms with Gasteiger partial charge < -0.3 is 9.74 Å². The molecular formula is C15H18N8O2S. The first-order chi connectivity index (χ1) is 12.4. The second-order valence-electron chi connectivity index (χ2n) is 6.61. The van der Waals surface area contributed by atoms with Crippen molar-refractivity contribution in [2.45, 2.75) is 18.4 Å². The fourth-order valence-electron chi connectivity index (χ4n) is 3.38. The third kappa shape index (κ3) is 3.03. The summed E-state index contributed by atoms with van der Waals surface area (Å²) in [4.78, 5) is 14.4. The Balaban J connectivity index is 1.57. The molecule has 2 fully saturated rings. The molecule has 2 aromatic heterocycles. The lowest BCUT2D eigenvalue weighted by Gasteiger charge is -2.38. The van der Waals surface area contributed by atoms with Gasteiger partial charge in [0.05, 0.1) is 11.7 Å². The van der Waals surface area contributed by atoms with Crippen molar-refractivity contribution in [2.75, 3.05) is 24.5 Å². The van der Waals surface area contributed by atoms with Crippen molar-refractivity contribution >= 4 is 21.8 Å². The van der Waals surface area contributed by atoms with Crippen molar-refractivity contribution in [3.05, 3.63) is 30.0 Å². The molecule has 4 rings (SSSR count). The summed E-state index contributed by atoms with van der Waals surface area (Å²) in [5, 5.41) is 4.13. The predicted octanol–water partition coefficient (Wildman–Crippen LogP) is 0.204. The van der Waals surface area contributed by atoms with E-state index < -0.39 is 15.7 Å². The van der Waals surface area contributed by atoms with Crippen LogP contribution in [-0.2, 0) is 17.3 Å². The van der Waals surface area contributed by atoms with E-state index in [0.29, 0.717) is 44.0 Å². The van der Waals surface area contributed by atoms with Gasteiger partial charge in [0.15, 0.2) is 12.0 Å². The Morgan fingerprint density at radius 2 is 2.08 bits per heavy atom. The average Bonchev–Trinajstić information content (AvgIpc) is 3.18. The van der Waals surface area contributed by atoms with Gasteiger partial charge in [-0.15, -0.1) is 4.98 Å². The van der Waals surface area contributed by atoms with Crippen LogP contribution in [-0.4, -0.2) is 53.3 Å².